The van der Waals surface area contributed by atoms with Crippen molar-refractivity contribution >= 4 is 42.0 Å². The minimum atomic E-state index is -2.43. The summed E-state index contributed by atoms with van der Waals surface area (Å²) in [5, 5.41) is 1.93. The van der Waals surface area contributed by atoms with Gasteiger partial charge in [-0.05, 0) is 75.6 Å². The van der Waals surface area contributed by atoms with Crippen molar-refractivity contribution in [2.75, 3.05) is 0 Å². The molecule has 0 aliphatic rings. The fourth-order valence-corrected chi connectivity index (χ4v) is 14.6. The van der Waals surface area contributed by atoms with Gasteiger partial charge in [0.05, 0.1) is 0 Å². The first-order valence-electron chi connectivity index (χ1n) is 6.99. The smallest absolute Gasteiger partial charge is 0.349 e. The van der Waals surface area contributed by atoms with Gasteiger partial charge in [-0.1, -0.05) is 17.7 Å². The second kappa shape index (κ2) is 6.06. The van der Waals surface area contributed by atoms with E-state index in [-0.39, 0.29) is 0 Å². The fourth-order valence-electron chi connectivity index (χ4n) is 2.38. The molecule has 1 aromatic rings. The molecular formula is C14H27ClO2Si3. The van der Waals surface area contributed by atoms with Crippen molar-refractivity contribution in [3.63, 3.8) is 0 Å². The quantitative estimate of drug-likeness (QED) is 0.723. The lowest BCUT2D eigenvalue weighted by atomic mass is 10.2. The van der Waals surface area contributed by atoms with Gasteiger partial charge in [-0.3, -0.25) is 0 Å². The molecule has 2 nitrogen and oxygen atoms in total. The minimum absolute atomic E-state index is 0.752. The molecule has 0 aliphatic heterocycles. The Balaban J connectivity index is 3.32. The van der Waals surface area contributed by atoms with Crippen LogP contribution in [0.1, 0.15) is 5.56 Å². The van der Waals surface area contributed by atoms with Crippen LogP contribution in [0.15, 0.2) is 18.2 Å². The average molecular weight is 347 g/mol. The SMILES string of the molecule is Cc1ccc(Cl)cc1[Si](C)(O[Si](C)(C)C)O[Si](C)(C)C. The summed E-state index contributed by atoms with van der Waals surface area (Å²) in [6, 6.07) is 6.02. The molecule has 0 unspecified atom stereocenters. The molecule has 114 valence electrons. The van der Waals surface area contributed by atoms with Crippen LogP contribution >= 0.6 is 11.6 Å². The van der Waals surface area contributed by atoms with E-state index in [0.29, 0.717) is 0 Å². The molecule has 0 bridgehead atoms. The molecule has 0 saturated heterocycles. The molecule has 0 atom stereocenters. The van der Waals surface area contributed by atoms with Gasteiger partial charge in [0.2, 0.25) is 0 Å². The Bertz CT molecular complexity index is 462. The summed E-state index contributed by atoms with van der Waals surface area (Å²) in [5.41, 5.74) is 1.21. The molecule has 0 radical (unpaired) electrons. The van der Waals surface area contributed by atoms with E-state index >= 15 is 0 Å². The average Bonchev–Trinajstić information content (AvgIpc) is 2.15. The van der Waals surface area contributed by atoms with Crippen molar-refractivity contribution in [2.24, 2.45) is 0 Å². The summed E-state index contributed by atoms with van der Waals surface area (Å²) in [6.45, 7) is 17.6. The highest BCUT2D eigenvalue weighted by atomic mass is 35.5. The van der Waals surface area contributed by atoms with Gasteiger partial charge in [0.1, 0.15) is 0 Å². The standard InChI is InChI=1S/C14H27ClO2Si3/c1-12-9-10-13(15)11-14(12)20(8,16-18(2,3)4)17-19(5,6)7/h9-11H,1-8H3. The monoisotopic (exact) mass is 346 g/mol. The van der Waals surface area contributed by atoms with Crippen LogP contribution in [-0.4, -0.2) is 25.2 Å². The zero-order valence-corrected chi connectivity index (χ0v) is 17.7. The molecule has 0 amide bonds. The molecule has 0 aromatic heterocycles. The predicted octanol–water partition coefficient (Wildman–Crippen LogP) is 4.63. The predicted molar refractivity (Wildman–Crippen MR) is 96.3 cm³/mol. The molecule has 0 heterocycles. The molecule has 1 rings (SSSR count). The molecule has 1 aromatic carbocycles. The Morgan fingerprint density at radius 3 is 1.70 bits per heavy atom. The van der Waals surface area contributed by atoms with E-state index in [1.807, 2.05) is 12.1 Å². The summed E-state index contributed by atoms with van der Waals surface area (Å²) < 4.78 is 13.1. The van der Waals surface area contributed by atoms with Crippen molar-refractivity contribution < 1.29 is 8.23 Å². The van der Waals surface area contributed by atoms with Crippen LogP contribution in [-0.2, 0) is 8.23 Å². The highest BCUT2D eigenvalue weighted by Crippen LogP contribution is 2.23. The first-order chi connectivity index (χ1) is 8.82. The molecule has 6 heteroatoms. The number of hydrogen-bond donors (Lipinski definition) is 0. The first-order valence-corrected chi connectivity index (χ1v) is 16.5. The molecule has 0 aliphatic carbocycles. The van der Waals surface area contributed by atoms with Gasteiger partial charge < -0.3 is 8.23 Å². The zero-order valence-electron chi connectivity index (χ0n) is 13.9. The van der Waals surface area contributed by atoms with Crippen LogP contribution < -0.4 is 5.19 Å². The summed E-state index contributed by atoms with van der Waals surface area (Å²) in [5.74, 6) is 0. The number of halogens is 1. The Labute approximate surface area is 132 Å². The van der Waals surface area contributed by atoms with E-state index in [1.165, 1.54) is 10.8 Å². The van der Waals surface area contributed by atoms with E-state index in [4.69, 9.17) is 19.8 Å². The number of rotatable bonds is 5. The van der Waals surface area contributed by atoms with Crippen molar-refractivity contribution in [3.05, 3.63) is 28.8 Å². The normalized spacial score (nSPS) is 13.7. The van der Waals surface area contributed by atoms with Crippen LogP contribution in [0.25, 0.3) is 0 Å². The molecule has 0 saturated carbocycles. The fraction of sp³-hybridized carbons (Fsp3) is 0.571. The number of hydrogen-bond acceptors (Lipinski definition) is 2. The second-order valence-electron chi connectivity index (χ2n) is 7.33. The summed E-state index contributed by atoms with van der Waals surface area (Å²) in [6.07, 6.45) is 0. The van der Waals surface area contributed by atoms with Gasteiger partial charge in [-0.25, -0.2) is 0 Å². The van der Waals surface area contributed by atoms with Crippen molar-refractivity contribution in [3.8, 4) is 0 Å². The van der Waals surface area contributed by atoms with E-state index in [9.17, 15) is 0 Å². The second-order valence-corrected chi connectivity index (χ2v) is 20.3. The van der Waals surface area contributed by atoms with Gasteiger partial charge >= 0.3 is 8.56 Å². The lowest BCUT2D eigenvalue weighted by Crippen LogP contribution is -2.61. The third kappa shape index (κ3) is 5.46. The lowest BCUT2D eigenvalue weighted by Gasteiger charge is -2.39. The van der Waals surface area contributed by atoms with Crippen LogP contribution in [0.3, 0.4) is 0 Å². The van der Waals surface area contributed by atoms with E-state index < -0.39 is 25.2 Å². The van der Waals surface area contributed by atoms with E-state index in [2.05, 4.69) is 58.8 Å². The van der Waals surface area contributed by atoms with Crippen LogP contribution in [0, 0.1) is 6.92 Å². The summed E-state index contributed by atoms with van der Waals surface area (Å²) >= 11 is 6.20. The van der Waals surface area contributed by atoms with E-state index in [0.717, 1.165) is 5.02 Å². The van der Waals surface area contributed by atoms with Crippen molar-refractivity contribution in [1.29, 1.82) is 0 Å². The van der Waals surface area contributed by atoms with Crippen LogP contribution in [0.2, 0.25) is 50.9 Å². The largest absolute Gasteiger partial charge is 0.433 e. The molecular weight excluding hydrogens is 320 g/mol. The first kappa shape index (κ1) is 18.1. The molecule has 0 fully saturated rings. The van der Waals surface area contributed by atoms with Gasteiger partial charge in [0.25, 0.3) is 0 Å². The molecule has 0 spiro atoms. The lowest BCUT2D eigenvalue weighted by molar-refractivity contribution is 0.404. The zero-order chi connectivity index (χ0) is 15.8. The maximum absolute atomic E-state index is 6.55. The molecule has 0 N–H and O–H groups in total. The Morgan fingerprint density at radius 1 is 0.850 bits per heavy atom. The van der Waals surface area contributed by atoms with Gasteiger partial charge in [-0.2, -0.15) is 0 Å². The van der Waals surface area contributed by atoms with Crippen LogP contribution in [0.5, 0.6) is 0 Å². The van der Waals surface area contributed by atoms with Gasteiger partial charge in [-0.15, -0.1) is 0 Å². The Hall–Kier alpha value is 0.0806. The van der Waals surface area contributed by atoms with Crippen molar-refractivity contribution in [2.45, 2.75) is 52.8 Å². The third-order valence-corrected chi connectivity index (χ3v) is 12.5. The maximum atomic E-state index is 6.55. The topological polar surface area (TPSA) is 18.5 Å². The van der Waals surface area contributed by atoms with Crippen molar-refractivity contribution in [1.82, 2.24) is 0 Å². The minimum Gasteiger partial charge on any atom is -0.433 e. The maximum Gasteiger partial charge on any atom is 0.349 e. The summed E-state index contributed by atoms with van der Waals surface area (Å²) in [7, 11) is -5.83. The number of aryl methyl sites for hydroxylation is 1. The van der Waals surface area contributed by atoms with Gasteiger partial charge in [0, 0.05) is 5.02 Å². The highest BCUT2D eigenvalue weighted by molar-refractivity contribution is 6.94. The van der Waals surface area contributed by atoms with Crippen LogP contribution in [0.4, 0.5) is 0 Å². The Kier molecular flexibility index (Phi) is 5.49. The Morgan fingerprint density at radius 2 is 1.30 bits per heavy atom. The number of benzene rings is 1. The van der Waals surface area contributed by atoms with Gasteiger partial charge in [0.15, 0.2) is 16.6 Å². The summed E-state index contributed by atoms with van der Waals surface area (Å²) in [4.78, 5) is 0. The highest BCUT2D eigenvalue weighted by Gasteiger charge is 2.43. The third-order valence-electron chi connectivity index (χ3n) is 2.69. The molecule has 20 heavy (non-hydrogen) atoms. The van der Waals surface area contributed by atoms with E-state index in [1.54, 1.807) is 0 Å².